The second kappa shape index (κ2) is 5.18. The SMILES string of the molecule is CCN(CC1CCC1)c1cc(Cl)c(N)cc1C. The fraction of sp³-hybridized carbons (Fsp3) is 0.571. The zero-order valence-corrected chi connectivity index (χ0v) is 11.4. The zero-order chi connectivity index (χ0) is 12.4. The highest BCUT2D eigenvalue weighted by Crippen LogP contribution is 2.33. The molecule has 0 aliphatic heterocycles. The lowest BCUT2D eigenvalue weighted by Gasteiger charge is -2.34. The molecule has 1 aromatic carbocycles. The molecule has 0 spiro atoms. The van der Waals surface area contributed by atoms with Crippen molar-refractivity contribution in [3.8, 4) is 0 Å². The Morgan fingerprint density at radius 3 is 2.65 bits per heavy atom. The lowest BCUT2D eigenvalue weighted by Crippen LogP contribution is -2.32. The van der Waals surface area contributed by atoms with Gasteiger partial charge in [-0.1, -0.05) is 18.0 Å². The van der Waals surface area contributed by atoms with Crippen molar-refractivity contribution < 1.29 is 0 Å². The zero-order valence-electron chi connectivity index (χ0n) is 10.7. The van der Waals surface area contributed by atoms with Crippen LogP contribution >= 0.6 is 11.6 Å². The molecular formula is C14H21ClN2. The lowest BCUT2D eigenvalue weighted by atomic mass is 9.85. The number of aryl methyl sites for hydroxylation is 1. The molecular weight excluding hydrogens is 232 g/mol. The van der Waals surface area contributed by atoms with E-state index in [2.05, 4.69) is 18.7 Å². The number of hydrogen-bond donors (Lipinski definition) is 1. The van der Waals surface area contributed by atoms with Gasteiger partial charge < -0.3 is 10.6 Å². The number of rotatable bonds is 4. The van der Waals surface area contributed by atoms with Crippen molar-refractivity contribution >= 4 is 23.0 Å². The van der Waals surface area contributed by atoms with Crippen LogP contribution in [0, 0.1) is 12.8 Å². The van der Waals surface area contributed by atoms with Crippen LogP contribution in [0.1, 0.15) is 31.7 Å². The predicted molar refractivity (Wildman–Crippen MR) is 75.8 cm³/mol. The third-order valence-corrected chi connectivity index (χ3v) is 4.07. The van der Waals surface area contributed by atoms with Gasteiger partial charge in [-0.05, 0) is 50.3 Å². The first-order valence-corrected chi connectivity index (χ1v) is 6.80. The monoisotopic (exact) mass is 252 g/mol. The number of benzene rings is 1. The molecule has 0 radical (unpaired) electrons. The fourth-order valence-electron chi connectivity index (χ4n) is 2.42. The van der Waals surface area contributed by atoms with Crippen molar-refractivity contribution in [2.24, 2.45) is 5.92 Å². The van der Waals surface area contributed by atoms with Gasteiger partial charge in [0.2, 0.25) is 0 Å². The van der Waals surface area contributed by atoms with Gasteiger partial charge in [0.15, 0.2) is 0 Å². The summed E-state index contributed by atoms with van der Waals surface area (Å²) in [4.78, 5) is 2.42. The highest BCUT2D eigenvalue weighted by Gasteiger charge is 2.21. The Labute approximate surface area is 109 Å². The van der Waals surface area contributed by atoms with Crippen LogP contribution in [0.5, 0.6) is 0 Å². The molecule has 0 unspecified atom stereocenters. The minimum Gasteiger partial charge on any atom is -0.398 e. The molecule has 0 saturated heterocycles. The van der Waals surface area contributed by atoms with E-state index in [9.17, 15) is 0 Å². The first-order valence-electron chi connectivity index (χ1n) is 6.42. The second-order valence-electron chi connectivity index (χ2n) is 5.00. The van der Waals surface area contributed by atoms with E-state index in [1.165, 1.54) is 30.5 Å². The molecule has 94 valence electrons. The molecule has 17 heavy (non-hydrogen) atoms. The third kappa shape index (κ3) is 2.68. The van der Waals surface area contributed by atoms with Gasteiger partial charge in [0.1, 0.15) is 0 Å². The van der Waals surface area contributed by atoms with E-state index in [4.69, 9.17) is 17.3 Å². The Morgan fingerprint density at radius 2 is 2.12 bits per heavy atom. The molecule has 0 heterocycles. The largest absolute Gasteiger partial charge is 0.398 e. The van der Waals surface area contributed by atoms with Gasteiger partial charge in [0.25, 0.3) is 0 Å². The molecule has 0 bridgehead atoms. The Morgan fingerprint density at radius 1 is 1.41 bits per heavy atom. The molecule has 2 rings (SSSR count). The molecule has 1 saturated carbocycles. The summed E-state index contributed by atoms with van der Waals surface area (Å²) in [6, 6.07) is 3.98. The van der Waals surface area contributed by atoms with E-state index in [0.29, 0.717) is 10.7 Å². The summed E-state index contributed by atoms with van der Waals surface area (Å²) in [5.41, 5.74) is 8.94. The van der Waals surface area contributed by atoms with Crippen LogP contribution in [0.2, 0.25) is 5.02 Å². The Bertz CT molecular complexity index is 399. The molecule has 2 N–H and O–H groups in total. The summed E-state index contributed by atoms with van der Waals surface area (Å²) in [5.74, 6) is 0.866. The lowest BCUT2D eigenvalue weighted by molar-refractivity contribution is 0.318. The van der Waals surface area contributed by atoms with Gasteiger partial charge >= 0.3 is 0 Å². The number of hydrogen-bond acceptors (Lipinski definition) is 2. The van der Waals surface area contributed by atoms with Crippen molar-refractivity contribution in [1.29, 1.82) is 0 Å². The summed E-state index contributed by atoms with van der Waals surface area (Å²) in [6.45, 7) is 6.48. The number of nitrogens with two attached hydrogens (primary N) is 1. The van der Waals surface area contributed by atoms with Gasteiger partial charge in [0, 0.05) is 18.8 Å². The van der Waals surface area contributed by atoms with Crippen molar-refractivity contribution in [3.63, 3.8) is 0 Å². The van der Waals surface area contributed by atoms with Gasteiger partial charge in [-0.15, -0.1) is 0 Å². The van der Waals surface area contributed by atoms with E-state index < -0.39 is 0 Å². The van der Waals surface area contributed by atoms with Crippen LogP contribution in [-0.2, 0) is 0 Å². The maximum Gasteiger partial charge on any atom is 0.0656 e. The van der Waals surface area contributed by atoms with Gasteiger partial charge in [0.05, 0.1) is 10.7 Å². The quantitative estimate of drug-likeness (QED) is 0.825. The van der Waals surface area contributed by atoms with Gasteiger partial charge in [-0.3, -0.25) is 0 Å². The van der Waals surface area contributed by atoms with Crippen molar-refractivity contribution in [2.45, 2.75) is 33.1 Å². The number of halogens is 1. The van der Waals surface area contributed by atoms with Crippen LogP contribution in [0.15, 0.2) is 12.1 Å². The average molecular weight is 253 g/mol. The van der Waals surface area contributed by atoms with Crippen LogP contribution in [0.4, 0.5) is 11.4 Å². The summed E-state index contributed by atoms with van der Waals surface area (Å²) in [5, 5.41) is 0.664. The molecule has 1 aliphatic carbocycles. The molecule has 1 fully saturated rings. The minimum atomic E-state index is 0.664. The third-order valence-electron chi connectivity index (χ3n) is 3.74. The highest BCUT2D eigenvalue weighted by molar-refractivity contribution is 6.33. The summed E-state index contributed by atoms with van der Waals surface area (Å²) in [6.07, 6.45) is 4.14. The van der Waals surface area contributed by atoms with Crippen LogP contribution < -0.4 is 10.6 Å². The first-order chi connectivity index (χ1) is 8.11. The molecule has 2 nitrogen and oxygen atoms in total. The molecule has 0 atom stereocenters. The topological polar surface area (TPSA) is 29.3 Å². The van der Waals surface area contributed by atoms with Crippen LogP contribution in [-0.4, -0.2) is 13.1 Å². The molecule has 0 amide bonds. The Hall–Kier alpha value is -0.890. The van der Waals surface area contributed by atoms with E-state index in [1.807, 2.05) is 12.1 Å². The smallest absolute Gasteiger partial charge is 0.0656 e. The molecule has 1 aliphatic rings. The maximum absolute atomic E-state index is 6.12. The summed E-state index contributed by atoms with van der Waals surface area (Å²) < 4.78 is 0. The van der Waals surface area contributed by atoms with Gasteiger partial charge in [-0.25, -0.2) is 0 Å². The molecule has 1 aromatic rings. The van der Waals surface area contributed by atoms with Gasteiger partial charge in [-0.2, -0.15) is 0 Å². The summed E-state index contributed by atoms with van der Waals surface area (Å²) in [7, 11) is 0. The minimum absolute atomic E-state index is 0.664. The van der Waals surface area contributed by atoms with Crippen molar-refractivity contribution in [1.82, 2.24) is 0 Å². The standard InChI is InChI=1S/C14H21ClN2/c1-3-17(9-11-5-4-6-11)14-8-12(15)13(16)7-10(14)2/h7-8,11H,3-6,9,16H2,1-2H3. The molecule has 3 heteroatoms. The average Bonchev–Trinajstić information content (AvgIpc) is 2.23. The fourth-order valence-corrected chi connectivity index (χ4v) is 2.58. The van der Waals surface area contributed by atoms with Crippen molar-refractivity contribution in [2.75, 3.05) is 23.7 Å². The Kier molecular flexibility index (Phi) is 3.82. The Balaban J connectivity index is 2.19. The number of nitrogens with zero attached hydrogens (tertiary/aromatic N) is 1. The first kappa shape index (κ1) is 12.6. The van der Waals surface area contributed by atoms with Crippen LogP contribution in [0.25, 0.3) is 0 Å². The number of anilines is 2. The van der Waals surface area contributed by atoms with E-state index in [-0.39, 0.29) is 0 Å². The molecule has 0 aromatic heterocycles. The van der Waals surface area contributed by atoms with E-state index in [1.54, 1.807) is 0 Å². The normalized spacial score (nSPS) is 15.7. The maximum atomic E-state index is 6.12. The highest BCUT2D eigenvalue weighted by atomic mass is 35.5. The summed E-state index contributed by atoms with van der Waals surface area (Å²) >= 11 is 6.12. The van der Waals surface area contributed by atoms with E-state index >= 15 is 0 Å². The predicted octanol–water partition coefficient (Wildman–Crippen LogP) is 3.86. The van der Waals surface area contributed by atoms with Crippen molar-refractivity contribution in [3.05, 3.63) is 22.7 Å². The number of nitrogen functional groups attached to an aromatic ring is 1. The van der Waals surface area contributed by atoms with Crippen LogP contribution in [0.3, 0.4) is 0 Å². The van der Waals surface area contributed by atoms with E-state index in [0.717, 1.165) is 19.0 Å². The second-order valence-corrected chi connectivity index (χ2v) is 5.40.